The molecule has 1 unspecified atom stereocenters. The Morgan fingerprint density at radius 1 is 0.972 bits per heavy atom. The summed E-state index contributed by atoms with van der Waals surface area (Å²) in [6, 6.07) is 16.4. The van der Waals surface area contributed by atoms with Gasteiger partial charge in [-0.1, -0.05) is 59.6 Å². The zero-order valence-electron chi connectivity index (χ0n) is 19.5. The van der Waals surface area contributed by atoms with Crippen molar-refractivity contribution in [1.29, 1.82) is 0 Å². The third-order valence-electron chi connectivity index (χ3n) is 5.48. The van der Waals surface area contributed by atoms with Crippen molar-refractivity contribution in [2.75, 3.05) is 17.9 Å². The molecule has 0 bridgehead atoms. The summed E-state index contributed by atoms with van der Waals surface area (Å²) in [5, 5.41) is 3.06. The number of nitrogens with zero attached hydrogens (tertiary/aromatic N) is 2. The fourth-order valence-electron chi connectivity index (χ4n) is 3.51. The molecule has 3 aromatic rings. The fraction of sp³-hybridized carbons (Fsp3) is 0.200. The highest BCUT2D eigenvalue weighted by atomic mass is 35.5. The molecule has 3 rings (SSSR count). The maximum absolute atomic E-state index is 14.8. The number of likely N-dealkylation sites (N-methyl/N-ethyl adjacent to an activating group) is 1. The Bertz CT molecular complexity index is 1360. The van der Waals surface area contributed by atoms with Gasteiger partial charge in [0.1, 0.15) is 18.4 Å². The predicted molar refractivity (Wildman–Crippen MR) is 138 cm³/mol. The van der Waals surface area contributed by atoms with Gasteiger partial charge in [0.05, 0.1) is 20.6 Å². The average Bonchev–Trinajstić information content (AvgIpc) is 2.87. The maximum Gasteiger partial charge on any atom is 0.264 e. The van der Waals surface area contributed by atoms with Crippen LogP contribution in [-0.4, -0.2) is 44.8 Å². The lowest BCUT2D eigenvalue weighted by Gasteiger charge is -2.32. The van der Waals surface area contributed by atoms with Crippen molar-refractivity contribution >= 4 is 50.7 Å². The minimum Gasteiger partial charge on any atom is -0.357 e. The van der Waals surface area contributed by atoms with Gasteiger partial charge in [0.2, 0.25) is 11.8 Å². The summed E-state index contributed by atoms with van der Waals surface area (Å²) < 4.78 is 42.5. The first kappa shape index (κ1) is 27.4. The summed E-state index contributed by atoms with van der Waals surface area (Å²) in [6.07, 6.45) is 0. The van der Waals surface area contributed by atoms with Gasteiger partial charge in [0.15, 0.2) is 0 Å². The number of hydrogen-bond donors (Lipinski definition) is 1. The Kier molecular flexibility index (Phi) is 8.94. The number of benzene rings is 3. The van der Waals surface area contributed by atoms with E-state index in [9.17, 15) is 22.4 Å². The van der Waals surface area contributed by atoms with Crippen molar-refractivity contribution in [3.63, 3.8) is 0 Å². The molecule has 0 spiro atoms. The third-order valence-corrected chi connectivity index (χ3v) is 7.99. The molecule has 0 saturated heterocycles. The van der Waals surface area contributed by atoms with Gasteiger partial charge in [-0.2, -0.15) is 0 Å². The topological polar surface area (TPSA) is 86.8 Å². The first-order valence-corrected chi connectivity index (χ1v) is 13.0. The number of nitrogens with one attached hydrogen (secondary N) is 1. The monoisotopic (exact) mass is 551 g/mol. The molecule has 0 saturated carbocycles. The summed E-state index contributed by atoms with van der Waals surface area (Å²) in [4.78, 5) is 27.1. The van der Waals surface area contributed by atoms with Crippen LogP contribution in [0.3, 0.4) is 0 Å². The lowest BCUT2D eigenvalue weighted by molar-refractivity contribution is -0.139. The van der Waals surface area contributed by atoms with Crippen molar-refractivity contribution in [1.82, 2.24) is 10.2 Å². The lowest BCUT2D eigenvalue weighted by Crippen LogP contribution is -2.50. The van der Waals surface area contributed by atoms with E-state index in [1.54, 1.807) is 24.3 Å². The van der Waals surface area contributed by atoms with Gasteiger partial charge < -0.3 is 10.2 Å². The molecule has 0 fully saturated rings. The number of carbonyl (C=O) groups is 2. The van der Waals surface area contributed by atoms with Crippen LogP contribution >= 0.6 is 23.2 Å². The third kappa shape index (κ3) is 6.16. The number of hydrogen-bond acceptors (Lipinski definition) is 4. The number of rotatable bonds is 9. The van der Waals surface area contributed by atoms with E-state index in [2.05, 4.69) is 5.32 Å². The molecule has 11 heteroatoms. The quantitative estimate of drug-likeness (QED) is 0.424. The zero-order valence-corrected chi connectivity index (χ0v) is 21.8. The van der Waals surface area contributed by atoms with Gasteiger partial charge in [-0.05, 0) is 48.9 Å². The molecular formula is C25H24Cl2FN3O4S. The molecule has 0 radical (unpaired) electrons. The van der Waals surface area contributed by atoms with Crippen LogP contribution in [0.1, 0.15) is 12.5 Å². The highest BCUT2D eigenvalue weighted by Gasteiger charge is 2.33. The Hall–Kier alpha value is -3.14. The fourth-order valence-corrected chi connectivity index (χ4v) is 5.28. The molecule has 2 amide bonds. The van der Waals surface area contributed by atoms with Crippen molar-refractivity contribution < 1.29 is 22.4 Å². The SMILES string of the molecule is CNC(=O)C(C)N(Cc1ccc(Cl)c(Cl)c1)C(=O)CN(c1ccccc1F)S(=O)(=O)c1ccccc1. The molecule has 0 heterocycles. The van der Waals surface area contributed by atoms with E-state index in [1.807, 2.05) is 0 Å². The van der Waals surface area contributed by atoms with E-state index in [0.717, 1.165) is 6.07 Å². The van der Waals surface area contributed by atoms with Crippen LogP contribution < -0.4 is 9.62 Å². The second-order valence-electron chi connectivity index (χ2n) is 7.84. The number of anilines is 1. The summed E-state index contributed by atoms with van der Waals surface area (Å²) in [5.41, 5.74) is 0.272. The highest BCUT2D eigenvalue weighted by Crippen LogP contribution is 2.27. The van der Waals surface area contributed by atoms with Gasteiger partial charge >= 0.3 is 0 Å². The molecule has 1 atom stereocenters. The maximum atomic E-state index is 14.8. The molecule has 36 heavy (non-hydrogen) atoms. The molecule has 1 N–H and O–H groups in total. The van der Waals surface area contributed by atoms with Crippen LogP contribution in [0.5, 0.6) is 0 Å². The van der Waals surface area contributed by atoms with E-state index in [-0.39, 0.29) is 22.2 Å². The van der Waals surface area contributed by atoms with Crippen LogP contribution in [-0.2, 0) is 26.2 Å². The largest absolute Gasteiger partial charge is 0.357 e. The van der Waals surface area contributed by atoms with Gasteiger partial charge in [0, 0.05) is 13.6 Å². The van der Waals surface area contributed by atoms with Gasteiger partial charge in [-0.3, -0.25) is 13.9 Å². The van der Waals surface area contributed by atoms with E-state index < -0.39 is 40.2 Å². The van der Waals surface area contributed by atoms with Crippen LogP contribution in [0.2, 0.25) is 10.0 Å². The van der Waals surface area contributed by atoms with Crippen molar-refractivity contribution in [3.05, 3.63) is 94.2 Å². The Morgan fingerprint density at radius 3 is 2.22 bits per heavy atom. The number of para-hydroxylation sites is 1. The minimum absolute atomic E-state index is 0.0686. The molecule has 0 aliphatic heterocycles. The number of carbonyl (C=O) groups excluding carboxylic acids is 2. The smallest absolute Gasteiger partial charge is 0.264 e. The summed E-state index contributed by atoms with van der Waals surface area (Å²) >= 11 is 12.1. The second kappa shape index (κ2) is 11.7. The molecule has 3 aromatic carbocycles. The molecule has 0 aliphatic carbocycles. The normalized spacial score (nSPS) is 12.0. The van der Waals surface area contributed by atoms with E-state index in [4.69, 9.17) is 23.2 Å². The van der Waals surface area contributed by atoms with Crippen molar-refractivity contribution in [3.8, 4) is 0 Å². The van der Waals surface area contributed by atoms with E-state index in [0.29, 0.717) is 14.9 Å². The molecule has 0 aliphatic rings. The molecule has 7 nitrogen and oxygen atoms in total. The van der Waals surface area contributed by atoms with Crippen LogP contribution in [0.4, 0.5) is 10.1 Å². The summed E-state index contributed by atoms with van der Waals surface area (Å²) in [6.45, 7) is 0.690. The Balaban J connectivity index is 2.04. The molecule has 190 valence electrons. The lowest BCUT2D eigenvalue weighted by atomic mass is 10.1. The molecule has 0 aromatic heterocycles. The summed E-state index contributed by atoms with van der Waals surface area (Å²) in [7, 11) is -2.91. The van der Waals surface area contributed by atoms with E-state index >= 15 is 0 Å². The van der Waals surface area contributed by atoms with Crippen molar-refractivity contribution in [2.45, 2.75) is 24.4 Å². The number of sulfonamides is 1. The predicted octanol–water partition coefficient (Wildman–Crippen LogP) is 4.49. The zero-order chi connectivity index (χ0) is 26.5. The van der Waals surface area contributed by atoms with Gasteiger partial charge in [-0.25, -0.2) is 12.8 Å². The van der Waals surface area contributed by atoms with Gasteiger partial charge in [-0.15, -0.1) is 0 Å². The minimum atomic E-state index is -4.34. The highest BCUT2D eigenvalue weighted by molar-refractivity contribution is 7.92. The van der Waals surface area contributed by atoms with Crippen molar-refractivity contribution in [2.24, 2.45) is 0 Å². The Labute approximate surface area is 219 Å². The van der Waals surface area contributed by atoms with Crippen LogP contribution in [0.25, 0.3) is 0 Å². The van der Waals surface area contributed by atoms with Gasteiger partial charge in [0.25, 0.3) is 10.0 Å². The summed E-state index contributed by atoms with van der Waals surface area (Å²) in [5.74, 6) is -2.01. The standard InChI is InChI=1S/C25H24Cl2FN3O4S/c1-17(25(33)29-2)30(15-18-12-13-20(26)21(27)14-18)24(32)16-31(23-11-7-6-10-22(23)28)36(34,35)19-8-4-3-5-9-19/h3-14,17H,15-16H2,1-2H3,(H,29,33). The second-order valence-corrected chi connectivity index (χ2v) is 10.5. The average molecular weight is 552 g/mol. The number of amides is 2. The first-order chi connectivity index (χ1) is 17.1. The first-order valence-electron chi connectivity index (χ1n) is 10.8. The number of halogens is 3. The Morgan fingerprint density at radius 2 is 1.61 bits per heavy atom. The van der Waals surface area contributed by atoms with Crippen LogP contribution in [0, 0.1) is 5.82 Å². The van der Waals surface area contributed by atoms with E-state index in [1.165, 1.54) is 61.3 Å². The van der Waals surface area contributed by atoms with Crippen LogP contribution in [0.15, 0.2) is 77.7 Å². The molecular weight excluding hydrogens is 528 g/mol.